The molecule has 1 aliphatic rings. The van der Waals surface area contributed by atoms with Crippen LogP contribution in [0, 0.1) is 0 Å². The number of hydrogen-bond acceptors (Lipinski definition) is 5. The molecule has 7 nitrogen and oxygen atoms in total. The fraction of sp³-hybridized carbons (Fsp3) is 0.182. The molecule has 0 saturated carbocycles. The number of sulfonamides is 1. The van der Waals surface area contributed by atoms with Gasteiger partial charge in [0.15, 0.2) is 0 Å². The first kappa shape index (κ1) is 19.9. The number of hydrogen-bond donors (Lipinski definition) is 1. The summed E-state index contributed by atoms with van der Waals surface area (Å²) in [6.45, 7) is 0.552. The molecule has 30 heavy (non-hydrogen) atoms. The van der Waals surface area contributed by atoms with Gasteiger partial charge in [-0.2, -0.15) is 0 Å². The molecule has 0 bridgehead atoms. The molecule has 4 rings (SSSR count). The molecule has 2 heterocycles. The van der Waals surface area contributed by atoms with Crippen LogP contribution < -0.4 is 14.4 Å². The second-order valence-electron chi connectivity index (χ2n) is 7.00. The van der Waals surface area contributed by atoms with Gasteiger partial charge in [0.05, 0.1) is 18.6 Å². The monoisotopic (exact) mass is 423 g/mol. The topological polar surface area (TPSA) is 88.6 Å². The molecule has 0 atom stereocenters. The summed E-state index contributed by atoms with van der Waals surface area (Å²) in [7, 11) is -2.10. The van der Waals surface area contributed by atoms with Crippen molar-refractivity contribution >= 4 is 27.3 Å². The zero-order chi connectivity index (χ0) is 21.1. The lowest BCUT2D eigenvalue weighted by Crippen LogP contribution is -2.29. The molecule has 1 amide bonds. The third kappa shape index (κ3) is 4.28. The van der Waals surface area contributed by atoms with Crippen molar-refractivity contribution in [2.24, 2.45) is 0 Å². The van der Waals surface area contributed by atoms with Crippen LogP contribution in [-0.4, -0.2) is 33.0 Å². The number of carbonyl (C=O) groups is 1. The van der Waals surface area contributed by atoms with Gasteiger partial charge in [-0.05, 0) is 53.9 Å². The smallest absolute Gasteiger partial charge is 0.258 e. The number of nitrogens with one attached hydrogen (secondary N) is 1. The number of anilines is 2. The quantitative estimate of drug-likeness (QED) is 0.658. The Kier molecular flexibility index (Phi) is 5.41. The van der Waals surface area contributed by atoms with Gasteiger partial charge in [0, 0.05) is 30.2 Å². The molecule has 0 fully saturated rings. The summed E-state index contributed by atoms with van der Waals surface area (Å²) in [4.78, 5) is 18.5. The predicted molar refractivity (Wildman–Crippen MR) is 115 cm³/mol. The predicted octanol–water partition coefficient (Wildman–Crippen LogP) is 3.24. The summed E-state index contributed by atoms with van der Waals surface area (Å²) < 4.78 is 33.1. The highest BCUT2D eigenvalue weighted by Gasteiger charge is 2.26. The lowest BCUT2D eigenvalue weighted by molar-refractivity contribution is 0.0989. The lowest BCUT2D eigenvalue weighted by atomic mass is 10.1. The largest absolute Gasteiger partial charge is 0.497 e. The number of nitrogens with zero attached hydrogens (tertiary/aromatic N) is 2. The van der Waals surface area contributed by atoms with Crippen molar-refractivity contribution in [2.45, 2.75) is 12.2 Å². The van der Waals surface area contributed by atoms with E-state index < -0.39 is 10.0 Å². The van der Waals surface area contributed by atoms with Gasteiger partial charge in [0.1, 0.15) is 5.75 Å². The van der Waals surface area contributed by atoms with Gasteiger partial charge in [-0.3, -0.25) is 14.5 Å². The Morgan fingerprint density at radius 1 is 1.13 bits per heavy atom. The van der Waals surface area contributed by atoms with Gasteiger partial charge >= 0.3 is 0 Å². The number of ether oxygens (including phenoxy) is 1. The molecule has 0 spiro atoms. The molecule has 2 aromatic carbocycles. The van der Waals surface area contributed by atoms with Crippen molar-refractivity contribution in [3.8, 4) is 5.75 Å². The molecule has 1 aliphatic heterocycles. The van der Waals surface area contributed by atoms with Crippen LogP contribution in [0.3, 0.4) is 0 Å². The van der Waals surface area contributed by atoms with Gasteiger partial charge in [0.25, 0.3) is 5.91 Å². The van der Waals surface area contributed by atoms with Gasteiger partial charge in [-0.25, -0.2) is 8.42 Å². The second kappa shape index (κ2) is 8.16. The summed E-state index contributed by atoms with van der Waals surface area (Å²) in [5.74, 6) is 0.291. The summed E-state index contributed by atoms with van der Waals surface area (Å²) in [6.07, 6.45) is 3.88. The first-order chi connectivity index (χ1) is 14.4. The molecule has 8 heteroatoms. The first-order valence-electron chi connectivity index (χ1n) is 9.43. The maximum atomic E-state index is 12.9. The summed E-state index contributed by atoms with van der Waals surface area (Å²) in [6, 6.07) is 15.6. The van der Waals surface area contributed by atoms with Crippen molar-refractivity contribution in [1.82, 2.24) is 4.98 Å². The second-order valence-corrected chi connectivity index (χ2v) is 8.72. The van der Waals surface area contributed by atoms with Gasteiger partial charge in [-0.15, -0.1) is 0 Å². The average Bonchev–Trinajstić information content (AvgIpc) is 3.16. The number of rotatable bonds is 6. The highest BCUT2D eigenvalue weighted by atomic mass is 32.2. The van der Waals surface area contributed by atoms with Crippen molar-refractivity contribution < 1.29 is 17.9 Å². The van der Waals surface area contributed by atoms with Crippen LogP contribution in [0.1, 0.15) is 21.5 Å². The Labute approximate surface area is 175 Å². The van der Waals surface area contributed by atoms with E-state index in [1.165, 1.54) is 7.11 Å². The number of fused-ring (bicyclic) bond motifs is 1. The fourth-order valence-electron chi connectivity index (χ4n) is 3.50. The Bertz CT molecular complexity index is 1180. The van der Waals surface area contributed by atoms with Crippen molar-refractivity contribution in [1.29, 1.82) is 0 Å². The summed E-state index contributed by atoms with van der Waals surface area (Å²) in [5.41, 5.74) is 3.32. The molecule has 154 valence electrons. The third-order valence-corrected chi connectivity index (χ3v) is 6.18. The SMILES string of the molecule is COc1cccc(CS(=O)(=O)Nc2ccc3c(c2)N(C(=O)c2ccncc2)CC3)c1. The van der Waals surface area contributed by atoms with Crippen LogP contribution in [0.5, 0.6) is 5.75 Å². The summed E-state index contributed by atoms with van der Waals surface area (Å²) in [5, 5.41) is 0. The normalized spacial score (nSPS) is 13.0. The van der Waals surface area contributed by atoms with E-state index in [1.807, 2.05) is 6.07 Å². The highest BCUT2D eigenvalue weighted by Crippen LogP contribution is 2.32. The molecule has 3 aromatic rings. The molecular formula is C22H21N3O4S. The van der Waals surface area contributed by atoms with E-state index in [0.717, 1.165) is 17.7 Å². The average molecular weight is 423 g/mol. The summed E-state index contributed by atoms with van der Waals surface area (Å²) >= 11 is 0. The van der Waals surface area contributed by atoms with E-state index in [2.05, 4.69) is 9.71 Å². The van der Waals surface area contributed by atoms with E-state index in [0.29, 0.717) is 29.1 Å². The van der Waals surface area contributed by atoms with E-state index in [1.54, 1.807) is 65.8 Å². The number of amides is 1. The number of carbonyl (C=O) groups excluding carboxylic acids is 1. The van der Waals surface area contributed by atoms with Crippen molar-refractivity contribution in [2.75, 3.05) is 23.3 Å². The Morgan fingerprint density at radius 2 is 1.93 bits per heavy atom. The van der Waals surface area contributed by atoms with Crippen molar-refractivity contribution in [3.63, 3.8) is 0 Å². The minimum atomic E-state index is -3.64. The molecule has 0 unspecified atom stereocenters. The van der Waals surface area contributed by atoms with Crippen LogP contribution in [0.15, 0.2) is 67.0 Å². The maximum absolute atomic E-state index is 12.9. The van der Waals surface area contributed by atoms with Crippen LogP contribution >= 0.6 is 0 Å². The Balaban J connectivity index is 1.54. The third-order valence-electron chi connectivity index (χ3n) is 4.92. The molecule has 1 N–H and O–H groups in total. The molecule has 0 aliphatic carbocycles. The van der Waals surface area contributed by atoms with Crippen LogP contribution in [0.2, 0.25) is 0 Å². The zero-order valence-electron chi connectivity index (χ0n) is 16.4. The fourth-order valence-corrected chi connectivity index (χ4v) is 4.68. The molecule has 0 saturated heterocycles. The van der Waals surface area contributed by atoms with Gasteiger partial charge in [0.2, 0.25) is 10.0 Å². The number of methoxy groups -OCH3 is 1. The molecule has 0 radical (unpaired) electrons. The molecular weight excluding hydrogens is 402 g/mol. The maximum Gasteiger partial charge on any atom is 0.258 e. The number of pyridine rings is 1. The number of aromatic nitrogens is 1. The molecule has 1 aromatic heterocycles. The van der Waals surface area contributed by atoms with E-state index >= 15 is 0 Å². The minimum Gasteiger partial charge on any atom is -0.497 e. The minimum absolute atomic E-state index is 0.132. The van der Waals surface area contributed by atoms with E-state index in [-0.39, 0.29) is 11.7 Å². The van der Waals surface area contributed by atoms with Crippen LogP contribution in [0.25, 0.3) is 0 Å². The lowest BCUT2D eigenvalue weighted by Gasteiger charge is -2.18. The van der Waals surface area contributed by atoms with E-state index in [9.17, 15) is 13.2 Å². The number of benzene rings is 2. The van der Waals surface area contributed by atoms with E-state index in [4.69, 9.17) is 4.74 Å². The van der Waals surface area contributed by atoms with Crippen LogP contribution in [-0.2, 0) is 22.2 Å². The van der Waals surface area contributed by atoms with Crippen molar-refractivity contribution in [3.05, 3.63) is 83.7 Å². The Morgan fingerprint density at radius 3 is 2.70 bits per heavy atom. The highest BCUT2D eigenvalue weighted by molar-refractivity contribution is 7.91. The Hall–Kier alpha value is -3.39. The zero-order valence-corrected chi connectivity index (χ0v) is 17.2. The van der Waals surface area contributed by atoms with Gasteiger partial charge < -0.3 is 9.64 Å². The first-order valence-corrected chi connectivity index (χ1v) is 11.1. The van der Waals surface area contributed by atoms with Crippen LogP contribution in [0.4, 0.5) is 11.4 Å². The standard InChI is InChI=1S/C22H21N3O4S/c1-29-20-4-2-3-16(13-20)15-30(27,28)24-19-6-5-17-9-12-25(21(17)14-19)22(26)18-7-10-23-11-8-18/h2-8,10-11,13-14,24H,9,12,15H2,1H3. The van der Waals surface area contributed by atoms with Gasteiger partial charge in [-0.1, -0.05) is 18.2 Å².